The van der Waals surface area contributed by atoms with Crippen molar-refractivity contribution in [3.8, 4) is 0 Å². The van der Waals surface area contributed by atoms with Crippen molar-refractivity contribution in [1.29, 1.82) is 0 Å². The monoisotopic (exact) mass is 365 g/mol. The van der Waals surface area contributed by atoms with Crippen LogP contribution in [0.5, 0.6) is 0 Å². The van der Waals surface area contributed by atoms with Crippen molar-refractivity contribution >= 4 is 38.6 Å². The van der Waals surface area contributed by atoms with Crippen molar-refractivity contribution < 1.29 is 31.9 Å². The molecule has 0 spiro atoms. The van der Waals surface area contributed by atoms with Gasteiger partial charge >= 0.3 is 17.8 Å². The molecule has 1 aromatic carbocycles. The lowest BCUT2D eigenvalue weighted by molar-refractivity contribution is -0.206. The van der Waals surface area contributed by atoms with Crippen molar-refractivity contribution in [3.63, 3.8) is 0 Å². The SMILES string of the molecule is COC(=O)[C@@](NC(C)=O)(Nc1nc2c(F)cccc2s1)C(F)(F)F. The highest BCUT2D eigenvalue weighted by atomic mass is 32.1. The number of esters is 1. The van der Waals surface area contributed by atoms with Crippen molar-refractivity contribution in [1.82, 2.24) is 10.3 Å². The van der Waals surface area contributed by atoms with Gasteiger partial charge in [0.05, 0.1) is 11.8 Å². The predicted molar refractivity (Wildman–Crippen MR) is 77.8 cm³/mol. The molecular formula is C13H11F4N3O3S. The van der Waals surface area contributed by atoms with Crippen LogP contribution in [0.1, 0.15) is 6.92 Å². The maximum atomic E-state index is 13.6. The summed E-state index contributed by atoms with van der Waals surface area (Å²) in [5.74, 6) is -3.64. The molecule has 0 aliphatic carbocycles. The fourth-order valence-electron chi connectivity index (χ4n) is 1.94. The Balaban J connectivity index is 2.55. The quantitative estimate of drug-likeness (QED) is 0.494. The highest BCUT2D eigenvalue weighted by Gasteiger charge is 2.63. The van der Waals surface area contributed by atoms with Gasteiger partial charge in [0.15, 0.2) is 5.13 Å². The summed E-state index contributed by atoms with van der Waals surface area (Å²) in [6.07, 6.45) is -5.25. The van der Waals surface area contributed by atoms with E-state index in [1.165, 1.54) is 17.4 Å². The first kappa shape index (κ1) is 17.9. The summed E-state index contributed by atoms with van der Waals surface area (Å²) in [6, 6.07) is 3.91. The third-order valence-electron chi connectivity index (χ3n) is 2.94. The van der Waals surface area contributed by atoms with Crippen LogP contribution in [0.3, 0.4) is 0 Å². The number of thiazole rings is 1. The molecule has 6 nitrogen and oxygen atoms in total. The number of rotatable bonds is 4. The zero-order chi connectivity index (χ0) is 18.1. The number of benzene rings is 1. The fraction of sp³-hybridized carbons (Fsp3) is 0.308. The zero-order valence-electron chi connectivity index (χ0n) is 12.3. The maximum absolute atomic E-state index is 13.6. The smallest absolute Gasteiger partial charge is 0.442 e. The summed E-state index contributed by atoms with van der Waals surface area (Å²) in [6.45, 7) is 0.809. The average Bonchev–Trinajstić information content (AvgIpc) is 2.88. The number of hydrogen-bond acceptors (Lipinski definition) is 6. The number of para-hydroxylation sites is 1. The molecule has 24 heavy (non-hydrogen) atoms. The Hall–Kier alpha value is -2.43. The third kappa shape index (κ3) is 3.11. The third-order valence-corrected chi connectivity index (χ3v) is 3.88. The minimum Gasteiger partial charge on any atom is -0.466 e. The molecule has 1 heterocycles. The minimum atomic E-state index is -5.25. The minimum absolute atomic E-state index is 0.159. The molecule has 2 rings (SSSR count). The van der Waals surface area contributed by atoms with Crippen LogP contribution >= 0.6 is 11.3 Å². The van der Waals surface area contributed by atoms with Crippen LogP contribution in [0.15, 0.2) is 18.2 Å². The number of fused-ring (bicyclic) bond motifs is 1. The summed E-state index contributed by atoms with van der Waals surface area (Å²) in [5.41, 5.74) is -3.70. The van der Waals surface area contributed by atoms with Gasteiger partial charge in [-0.3, -0.25) is 4.79 Å². The number of nitrogens with zero attached hydrogens (tertiary/aromatic N) is 1. The molecule has 0 unspecified atom stereocenters. The van der Waals surface area contributed by atoms with Crippen molar-refractivity contribution in [2.75, 3.05) is 12.4 Å². The van der Waals surface area contributed by atoms with Crippen molar-refractivity contribution in [3.05, 3.63) is 24.0 Å². The lowest BCUT2D eigenvalue weighted by atomic mass is 10.1. The molecule has 1 aromatic heterocycles. The van der Waals surface area contributed by atoms with Crippen LogP contribution < -0.4 is 10.6 Å². The number of aromatic nitrogens is 1. The summed E-state index contributed by atoms with van der Waals surface area (Å²) in [7, 11) is 0.740. The Bertz CT molecular complexity index is 792. The van der Waals surface area contributed by atoms with Gasteiger partial charge in [0.25, 0.3) is 0 Å². The molecule has 1 amide bonds. The number of amides is 1. The Kier molecular flexibility index (Phi) is 4.65. The topological polar surface area (TPSA) is 80.3 Å². The van der Waals surface area contributed by atoms with Gasteiger partial charge in [-0.1, -0.05) is 17.4 Å². The van der Waals surface area contributed by atoms with Gasteiger partial charge in [-0.15, -0.1) is 0 Å². The highest BCUT2D eigenvalue weighted by molar-refractivity contribution is 7.22. The van der Waals surface area contributed by atoms with E-state index in [1.807, 2.05) is 5.32 Å². The van der Waals surface area contributed by atoms with E-state index in [4.69, 9.17) is 0 Å². The second kappa shape index (κ2) is 6.23. The number of anilines is 1. The van der Waals surface area contributed by atoms with Gasteiger partial charge in [0, 0.05) is 6.92 Å². The molecule has 11 heteroatoms. The molecular weight excluding hydrogens is 354 g/mol. The first-order valence-corrected chi connectivity index (χ1v) is 7.19. The normalized spacial score (nSPS) is 14.1. The number of alkyl halides is 3. The van der Waals surface area contributed by atoms with Gasteiger partial charge in [0.2, 0.25) is 5.91 Å². The van der Waals surface area contributed by atoms with E-state index < -0.39 is 34.7 Å². The van der Waals surface area contributed by atoms with E-state index in [0.29, 0.717) is 11.3 Å². The van der Waals surface area contributed by atoms with Crippen LogP contribution in [-0.4, -0.2) is 35.8 Å². The van der Waals surface area contributed by atoms with E-state index in [1.54, 1.807) is 0 Å². The predicted octanol–water partition coefficient (Wildman–Crippen LogP) is 2.42. The van der Waals surface area contributed by atoms with Gasteiger partial charge in [-0.05, 0) is 12.1 Å². The van der Waals surface area contributed by atoms with Gasteiger partial charge in [-0.25, -0.2) is 14.2 Å². The number of nitrogens with one attached hydrogen (secondary N) is 2. The Morgan fingerprint density at radius 3 is 2.46 bits per heavy atom. The molecule has 0 aliphatic rings. The van der Waals surface area contributed by atoms with Crippen LogP contribution in [0.2, 0.25) is 0 Å². The number of carbonyl (C=O) groups excluding carboxylic acids is 2. The number of halogens is 4. The fourth-order valence-corrected chi connectivity index (χ4v) is 2.87. The van der Waals surface area contributed by atoms with E-state index in [2.05, 4.69) is 9.72 Å². The second-order valence-corrected chi connectivity index (χ2v) is 5.68. The molecule has 0 bridgehead atoms. The van der Waals surface area contributed by atoms with E-state index >= 15 is 0 Å². The highest BCUT2D eigenvalue weighted by Crippen LogP contribution is 2.36. The maximum Gasteiger partial charge on any atom is 0.442 e. The largest absolute Gasteiger partial charge is 0.466 e. The van der Waals surface area contributed by atoms with Crippen LogP contribution in [0.4, 0.5) is 22.7 Å². The van der Waals surface area contributed by atoms with Crippen LogP contribution in [0.25, 0.3) is 10.2 Å². The Morgan fingerprint density at radius 1 is 1.29 bits per heavy atom. The zero-order valence-corrected chi connectivity index (χ0v) is 13.1. The summed E-state index contributed by atoms with van der Waals surface area (Å²) < 4.78 is 58.6. The summed E-state index contributed by atoms with van der Waals surface area (Å²) in [5, 5.41) is 2.94. The lowest BCUT2D eigenvalue weighted by Crippen LogP contribution is -2.69. The number of carbonyl (C=O) groups is 2. The average molecular weight is 365 g/mol. The summed E-state index contributed by atoms with van der Waals surface area (Å²) in [4.78, 5) is 26.7. The molecule has 2 N–H and O–H groups in total. The molecule has 130 valence electrons. The van der Waals surface area contributed by atoms with E-state index in [0.717, 1.165) is 20.1 Å². The Morgan fingerprint density at radius 2 is 1.96 bits per heavy atom. The molecule has 0 saturated carbocycles. The second-order valence-electron chi connectivity index (χ2n) is 4.65. The number of methoxy groups -OCH3 is 1. The van der Waals surface area contributed by atoms with E-state index in [-0.39, 0.29) is 10.2 Å². The molecule has 0 radical (unpaired) electrons. The van der Waals surface area contributed by atoms with Crippen molar-refractivity contribution in [2.45, 2.75) is 18.8 Å². The summed E-state index contributed by atoms with van der Waals surface area (Å²) >= 11 is 0.688. The van der Waals surface area contributed by atoms with Gasteiger partial charge in [0.1, 0.15) is 11.3 Å². The number of hydrogen-bond donors (Lipinski definition) is 2. The van der Waals surface area contributed by atoms with Gasteiger partial charge < -0.3 is 15.4 Å². The standard InChI is InChI=1S/C13H11F4N3O3S/c1-6(21)19-12(10(22)23-2,13(15,16)17)20-11-18-9-7(14)4-3-5-8(9)24-11/h3-5H,1-2H3,(H,18,20)(H,19,21)/t12-/m1/s1. The van der Waals surface area contributed by atoms with Gasteiger partial charge in [-0.2, -0.15) is 13.2 Å². The van der Waals surface area contributed by atoms with E-state index in [9.17, 15) is 27.2 Å². The first-order valence-electron chi connectivity index (χ1n) is 6.38. The molecule has 0 fully saturated rings. The molecule has 0 saturated heterocycles. The molecule has 0 aliphatic heterocycles. The van der Waals surface area contributed by atoms with Crippen LogP contribution in [-0.2, 0) is 14.3 Å². The van der Waals surface area contributed by atoms with Crippen molar-refractivity contribution in [2.24, 2.45) is 0 Å². The number of ether oxygens (including phenoxy) is 1. The lowest BCUT2D eigenvalue weighted by Gasteiger charge is -2.33. The van der Waals surface area contributed by atoms with Crippen LogP contribution in [0, 0.1) is 5.82 Å². The molecule has 2 aromatic rings. The molecule has 1 atom stereocenters. The Labute approximate surface area is 136 Å². The first-order chi connectivity index (χ1) is 11.1.